The topological polar surface area (TPSA) is 93.1 Å². The van der Waals surface area contributed by atoms with Gasteiger partial charge >= 0.3 is 0 Å². The predicted octanol–water partition coefficient (Wildman–Crippen LogP) is 3.54. The molecular weight excluding hydrogens is 426 g/mol. The van der Waals surface area contributed by atoms with E-state index in [9.17, 15) is 0 Å². The Kier molecular flexibility index (Phi) is 10.8. The summed E-state index contributed by atoms with van der Waals surface area (Å²) in [4.78, 5) is 15.2. The number of nitrogens with zero attached hydrogens (tertiary/aromatic N) is 5. The van der Waals surface area contributed by atoms with Gasteiger partial charge in [0, 0.05) is 32.0 Å². The minimum absolute atomic E-state index is 0.398. The molecule has 1 aromatic heterocycles. The number of hydrogen-bond donors (Lipinski definition) is 2. The Morgan fingerprint density at radius 1 is 1.29 bits per heavy atom. The summed E-state index contributed by atoms with van der Waals surface area (Å²) in [5, 5.41) is 3.34. The van der Waals surface area contributed by atoms with Gasteiger partial charge < -0.3 is 25.3 Å². The van der Waals surface area contributed by atoms with Gasteiger partial charge in [0.15, 0.2) is 5.96 Å². The molecule has 0 amide bonds. The summed E-state index contributed by atoms with van der Waals surface area (Å²) in [6.45, 7) is 19.2. The lowest BCUT2D eigenvalue weighted by molar-refractivity contribution is 0.0675. The van der Waals surface area contributed by atoms with E-state index in [1.165, 1.54) is 0 Å². The van der Waals surface area contributed by atoms with Gasteiger partial charge in [-0.25, -0.2) is 9.98 Å². The van der Waals surface area contributed by atoms with Crippen molar-refractivity contribution in [2.24, 2.45) is 22.8 Å². The summed E-state index contributed by atoms with van der Waals surface area (Å²) < 4.78 is 7.26. The highest BCUT2D eigenvalue weighted by Gasteiger charge is 2.11. The second-order valence-electron chi connectivity index (χ2n) is 7.74. The van der Waals surface area contributed by atoms with Crippen LogP contribution in [0.25, 0.3) is 6.08 Å². The number of hydrogen-bond acceptors (Lipinski definition) is 5. The van der Waals surface area contributed by atoms with Gasteiger partial charge in [-0.05, 0) is 42.2 Å². The minimum Gasteiger partial charge on any atom is -0.378 e. The van der Waals surface area contributed by atoms with E-state index in [-0.39, 0.29) is 0 Å². The molecular formula is C26H37N7O. The SMILES string of the molecule is C=CC(=C\N=C(N)N1CCOCC1)/C(C)=C/C=C(/NCN=Cc1ncn(C)c1C=C)C(=C)CC. The zero-order valence-corrected chi connectivity index (χ0v) is 20.6. The number of aromatic nitrogens is 2. The van der Waals surface area contributed by atoms with E-state index >= 15 is 0 Å². The van der Waals surface area contributed by atoms with Crippen LogP contribution in [0, 0.1) is 0 Å². The predicted molar refractivity (Wildman–Crippen MR) is 142 cm³/mol. The molecule has 2 rings (SSSR count). The zero-order valence-electron chi connectivity index (χ0n) is 20.6. The smallest absolute Gasteiger partial charge is 0.196 e. The number of rotatable bonds is 11. The Bertz CT molecular complexity index is 1020. The van der Waals surface area contributed by atoms with Crippen molar-refractivity contribution in [2.75, 3.05) is 33.0 Å². The lowest BCUT2D eigenvalue weighted by Crippen LogP contribution is -2.44. The molecule has 0 atom stereocenters. The third kappa shape index (κ3) is 7.74. The maximum Gasteiger partial charge on any atom is 0.196 e. The standard InChI is InChI=1S/C26H37N7O/c1-7-20(4)23(30-18-28-17-24-25(9-3)32(6)19-31-24)11-10-21(5)22(8-2)16-29-26(27)33-12-14-34-15-13-33/h8-11,16-17,19,30H,2-4,7,12-15,18H2,1,5-6H3,(H2,27,29)/b21-10+,22-16+,23-11+,28-17?. The van der Waals surface area contributed by atoms with E-state index in [4.69, 9.17) is 10.5 Å². The van der Waals surface area contributed by atoms with Crippen LogP contribution in [-0.4, -0.2) is 59.6 Å². The summed E-state index contributed by atoms with van der Waals surface area (Å²) in [6.07, 6.45) is 13.6. The third-order valence-corrected chi connectivity index (χ3v) is 5.43. The fourth-order valence-corrected chi connectivity index (χ4v) is 3.19. The van der Waals surface area contributed by atoms with Crippen molar-refractivity contribution < 1.29 is 4.74 Å². The Labute approximate surface area is 203 Å². The van der Waals surface area contributed by atoms with Crippen molar-refractivity contribution in [2.45, 2.75) is 20.3 Å². The summed E-state index contributed by atoms with van der Waals surface area (Å²) in [5.41, 5.74) is 11.6. The van der Waals surface area contributed by atoms with Gasteiger partial charge in [0.2, 0.25) is 0 Å². The molecule has 2 heterocycles. The van der Waals surface area contributed by atoms with Gasteiger partial charge in [0.1, 0.15) is 12.4 Å². The van der Waals surface area contributed by atoms with E-state index in [1.807, 2.05) is 35.6 Å². The molecule has 1 fully saturated rings. The Morgan fingerprint density at radius 2 is 2.03 bits per heavy atom. The van der Waals surface area contributed by atoms with Crippen molar-refractivity contribution in [3.8, 4) is 0 Å². The molecule has 3 N–H and O–H groups in total. The maximum absolute atomic E-state index is 6.12. The molecule has 0 radical (unpaired) electrons. The van der Waals surface area contributed by atoms with E-state index in [2.05, 4.69) is 46.9 Å². The molecule has 1 aromatic rings. The second kappa shape index (κ2) is 13.8. The van der Waals surface area contributed by atoms with Crippen LogP contribution in [-0.2, 0) is 11.8 Å². The zero-order chi connectivity index (χ0) is 24.9. The largest absolute Gasteiger partial charge is 0.378 e. The lowest BCUT2D eigenvalue weighted by atomic mass is 10.1. The average molecular weight is 464 g/mol. The number of morpholine rings is 1. The number of nitrogens with one attached hydrogen (secondary N) is 1. The van der Waals surface area contributed by atoms with Crippen LogP contribution in [0.5, 0.6) is 0 Å². The fourth-order valence-electron chi connectivity index (χ4n) is 3.19. The number of allylic oxidation sites excluding steroid dienone is 6. The number of aliphatic imine (C=N–C) groups is 2. The highest BCUT2D eigenvalue weighted by atomic mass is 16.5. The number of imidazole rings is 1. The van der Waals surface area contributed by atoms with Gasteiger partial charge in [-0.3, -0.25) is 4.99 Å². The molecule has 8 nitrogen and oxygen atoms in total. The molecule has 0 aromatic carbocycles. The number of ether oxygens (including phenoxy) is 1. The van der Waals surface area contributed by atoms with Crippen LogP contribution < -0.4 is 11.1 Å². The van der Waals surface area contributed by atoms with Crippen LogP contribution in [0.3, 0.4) is 0 Å². The highest BCUT2D eigenvalue weighted by Crippen LogP contribution is 2.14. The molecule has 0 unspecified atom stereocenters. The van der Waals surface area contributed by atoms with Crippen LogP contribution in [0.15, 0.2) is 82.9 Å². The molecule has 0 aliphatic carbocycles. The van der Waals surface area contributed by atoms with E-state index < -0.39 is 0 Å². The third-order valence-electron chi connectivity index (χ3n) is 5.43. The molecule has 34 heavy (non-hydrogen) atoms. The first-order valence-electron chi connectivity index (χ1n) is 11.3. The normalized spacial score (nSPS) is 16.1. The highest BCUT2D eigenvalue weighted by molar-refractivity contribution is 5.82. The lowest BCUT2D eigenvalue weighted by Gasteiger charge is -2.27. The second-order valence-corrected chi connectivity index (χ2v) is 7.74. The van der Waals surface area contributed by atoms with E-state index in [1.54, 1.807) is 30.9 Å². The van der Waals surface area contributed by atoms with Gasteiger partial charge in [-0.15, -0.1) is 0 Å². The van der Waals surface area contributed by atoms with Crippen molar-refractivity contribution >= 4 is 18.3 Å². The number of nitrogens with two attached hydrogens (primary N) is 1. The first kappa shape index (κ1) is 26.6. The Balaban J connectivity index is 2.10. The van der Waals surface area contributed by atoms with Crippen LogP contribution in [0.1, 0.15) is 31.7 Å². The maximum atomic E-state index is 6.12. The summed E-state index contributed by atoms with van der Waals surface area (Å²) in [7, 11) is 1.93. The first-order chi connectivity index (χ1) is 16.4. The van der Waals surface area contributed by atoms with Crippen LogP contribution in [0.4, 0.5) is 0 Å². The van der Waals surface area contributed by atoms with Crippen molar-refractivity contribution in [3.63, 3.8) is 0 Å². The molecule has 8 heteroatoms. The van der Waals surface area contributed by atoms with E-state index in [0.29, 0.717) is 25.8 Å². The fraction of sp³-hybridized carbons (Fsp3) is 0.346. The van der Waals surface area contributed by atoms with Gasteiger partial charge in [-0.1, -0.05) is 38.8 Å². The molecule has 0 bridgehead atoms. The van der Waals surface area contributed by atoms with Crippen molar-refractivity contribution in [1.82, 2.24) is 19.8 Å². The molecule has 1 aliphatic heterocycles. The quantitative estimate of drug-likeness (QED) is 0.297. The van der Waals surface area contributed by atoms with Crippen LogP contribution >= 0.6 is 0 Å². The van der Waals surface area contributed by atoms with E-state index in [0.717, 1.165) is 53.3 Å². The Hall–Kier alpha value is -3.65. The van der Waals surface area contributed by atoms with Gasteiger partial charge in [0.25, 0.3) is 0 Å². The summed E-state index contributed by atoms with van der Waals surface area (Å²) in [6, 6.07) is 0. The number of aryl methyl sites for hydroxylation is 1. The van der Waals surface area contributed by atoms with Crippen LogP contribution in [0.2, 0.25) is 0 Å². The summed E-state index contributed by atoms with van der Waals surface area (Å²) >= 11 is 0. The number of guanidine groups is 1. The molecule has 182 valence electrons. The van der Waals surface area contributed by atoms with Crippen molar-refractivity contribution in [1.29, 1.82) is 0 Å². The van der Waals surface area contributed by atoms with Crippen molar-refractivity contribution in [3.05, 3.63) is 84.3 Å². The van der Waals surface area contributed by atoms with Gasteiger partial charge in [-0.2, -0.15) is 0 Å². The Morgan fingerprint density at radius 3 is 2.68 bits per heavy atom. The molecule has 1 aliphatic rings. The first-order valence-corrected chi connectivity index (χ1v) is 11.3. The molecule has 0 spiro atoms. The monoisotopic (exact) mass is 463 g/mol. The minimum atomic E-state index is 0.398. The molecule has 0 saturated carbocycles. The summed E-state index contributed by atoms with van der Waals surface area (Å²) in [5.74, 6) is 0.484. The average Bonchev–Trinajstić information content (AvgIpc) is 3.22. The van der Waals surface area contributed by atoms with Gasteiger partial charge in [0.05, 0.1) is 31.4 Å². The molecule has 1 saturated heterocycles.